The third-order valence-electron chi connectivity index (χ3n) is 6.75. The van der Waals surface area contributed by atoms with Gasteiger partial charge in [0.15, 0.2) is 18.0 Å². The van der Waals surface area contributed by atoms with E-state index in [4.69, 9.17) is 15.2 Å². The van der Waals surface area contributed by atoms with Gasteiger partial charge >= 0.3 is 5.97 Å². The fourth-order valence-electron chi connectivity index (χ4n) is 4.28. The number of halogens is 1. The van der Waals surface area contributed by atoms with Crippen LogP contribution in [0.4, 0.5) is 4.39 Å². The van der Waals surface area contributed by atoms with Crippen LogP contribution in [0.3, 0.4) is 0 Å². The molecule has 1 atom stereocenters. The minimum atomic E-state index is -3.92. The smallest absolute Gasteiger partial charge is 0.323 e. The zero-order valence-corrected chi connectivity index (χ0v) is 23.5. The van der Waals surface area contributed by atoms with Crippen LogP contribution in [-0.2, 0) is 36.4 Å². The molecule has 0 radical (unpaired) electrons. The Labute approximate surface area is 233 Å². The quantitative estimate of drug-likeness (QED) is 0.370. The van der Waals surface area contributed by atoms with Gasteiger partial charge in [0, 0.05) is 11.5 Å². The van der Waals surface area contributed by atoms with Crippen LogP contribution < -0.4 is 10.5 Å². The Morgan fingerprint density at radius 3 is 2.33 bits per heavy atom. The maximum Gasteiger partial charge on any atom is 0.323 e. The zero-order chi connectivity index (χ0) is 29.1. The lowest BCUT2D eigenvalue weighted by Crippen LogP contribution is -2.64. The molecule has 0 amide bonds. The number of sulfonamides is 1. The van der Waals surface area contributed by atoms with E-state index in [1.807, 2.05) is 30.3 Å². The summed E-state index contributed by atoms with van der Waals surface area (Å²) >= 11 is 0. The minimum Gasteiger partial charge on any atom is -0.480 e. The van der Waals surface area contributed by atoms with Crippen molar-refractivity contribution in [1.29, 1.82) is 0 Å². The van der Waals surface area contributed by atoms with Crippen LogP contribution in [0.1, 0.15) is 31.9 Å². The highest BCUT2D eigenvalue weighted by Crippen LogP contribution is 2.40. The van der Waals surface area contributed by atoms with Crippen molar-refractivity contribution in [2.24, 2.45) is 11.1 Å². The number of esters is 1. The first kappa shape index (κ1) is 29.4. The molecule has 212 valence electrons. The maximum absolute atomic E-state index is 13.8. The summed E-state index contributed by atoms with van der Waals surface area (Å²) in [5, 5.41) is 0. The topological polar surface area (TPSA) is 116 Å². The number of hydrogen-bond acceptors (Lipinski definition) is 7. The number of hydrogen-bond donors (Lipinski definition) is 1. The van der Waals surface area contributed by atoms with Crippen LogP contribution in [0.25, 0.3) is 0 Å². The summed E-state index contributed by atoms with van der Waals surface area (Å²) < 4.78 is 53.4. The van der Waals surface area contributed by atoms with E-state index >= 15 is 0 Å². The van der Waals surface area contributed by atoms with Gasteiger partial charge < -0.3 is 15.2 Å². The first-order valence-corrected chi connectivity index (χ1v) is 14.3. The van der Waals surface area contributed by atoms with E-state index in [9.17, 15) is 22.4 Å². The summed E-state index contributed by atoms with van der Waals surface area (Å²) in [5.41, 5.74) is 5.66. The third kappa shape index (κ3) is 6.57. The average molecular weight is 569 g/mol. The standard InChI is InChI=1S/C30H33FN2O6S/c1-29(2,3)27(34)18-38-28(35)26(32)16-21-9-7-14-25(15-21)40(36,37)33-19-30(20-33,22-10-5-4-6-11-22)39-24-13-8-12-23(31)17-24/h4-15,17,26H,16,18-20,32H2,1-3H3/t26-/m0/s1. The van der Waals surface area contributed by atoms with E-state index in [2.05, 4.69) is 0 Å². The Balaban J connectivity index is 1.47. The van der Waals surface area contributed by atoms with E-state index in [0.717, 1.165) is 5.56 Å². The highest BCUT2D eigenvalue weighted by Gasteiger charge is 2.52. The Morgan fingerprint density at radius 1 is 1.00 bits per heavy atom. The monoisotopic (exact) mass is 568 g/mol. The molecule has 1 heterocycles. The minimum absolute atomic E-state index is 0.0216. The molecule has 1 aliphatic rings. The predicted octanol–water partition coefficient (Wildman–Crippen LogP) is 3.83. The lowest BCUT2D eigenvalue weighted by atomic mass is 9.87. The normalized spacial score (nSPS) is 16.0. The van der Waals surface area contributed by atoms with Crippen molar-refractivity contribution >= 4 is 21.8 Å². The number of nitrogens with two attached hydrogens (primary N) is 1. The first-order valence-electron chi connectivity index (χ1n) is 12.8. The Bertz CT molecular complexity index is 1480. The van der Waals surface area contributed by atoms with Gasteiger partial charge in [-0.2, -0.15) is 4.31 Å². The molecule has 0 aliphatic carbocycles. The van der Waals surface area contributed by atoms with Gasteiger partial charge in [-0.25, -0.2) is 12.8 Å². The lowest BCUT2D eigenvalue weighted by molar-refractivity contribution is -0.151. The van der Waals surface area contributed by atoms with Crippen LogP contribution in [-0.4, -0.2) is 50.2 Å². The number of Topliss-reactive ketones (excluding diaryl/α,β-unsaturated/α-hetero) is 1. The van der Waals surface area contributed by atoms with Crippen LogP contribution in [0.5, 0.6) is 5.75 Å². The Morgan fingerprint density at radius 2 is 1.68 bits per heavy atom. The molecule has 1 aliphatic heterocycles. The maximum atomic E-state index is 13.8. The number of carbonyl (C=O) groups is 2. The Kier molecular flexibility index (Phi) is 8.44. The summed E-state index contributed by atoms with van der Waals surface area (Å²) in [6.07, 6.45) is 0.0303. The van der Waals surface area contributed by atoms with Crippen LogP contribution in [0.2, 0.25) is 0 Å². The number of benzene rings is 3. The predicted molar refractivity (Wildman–Crippen MR) is 147 cm³/mol. The van der Waals surface area contributed by atoms with E-state index in [1.165, 1.54) is 34.6 Å². The van der Waals surface area contributed by atoms with Crippen LogP contribution >= 0.6 is 0 Å². The fourth-order valence-corrected chi connectivity index (χ4v) is 5.88. The molecular formula is C30H33FN2O6S. The summed E-state index contributed by atoms with van der Waals surface area (Å²) in [6, 6.07) is 20.1. The van der Waals surface area contributed by atoms with Crippen molar-refractivity contribution in [3.63, 3.8) is 0 Å². The molecule has 0 spiro atoms. The number of ketones is 1. The van der Waals surface area contributed by atoms with Gasteiger partial charge in [0.05, 0.1) is 18.0 Å². The second-order valence-electron chi connectivity index (χ2n) is 10.9. The molecule has 0 bridgehead atoms. The van der Waals surface area contributed by atoms with Crippen molar-refractivity contribution in [3.05, 3.63) is 95.8 Å². The second-order valence-corrected chi connectivity index (χ2v) is 12.9. The molecule has 8 nitrogen and oxygen atoms in total. The van der Waals surface area contributed by atoms with Gasteiger partial charge in [0.25, 0.3) is 0 Å². The molecule has 3 aromatic carbocycles. The molecule has 0 aromatic heterocycles. The summed E-state index contributed by atoms with van der Waals surface area (Å²) in [7, 11) is -3.92. The molecule has 4 rings (SSSR count). The molecule has 3 aromatic rings. The van der Waals surface area contributed by atoms with Gasteiger partial charge in [0.1, 0.15) is 17.6 Å². The van der Waals surface area contributed by atoms with Gasteiger partial charge in [0.2, 0.25) is 10.0 Å². The van der Waals surface area contributed by atoms with E-state index in [0.29, 0.717) is 11.3 Å². The molecule has 10 heteroatoms. The third-order valence-corrected chi connectivity index (χ3v) is 8.54. The molecular weight excluding hydrogens is 535 g/mol. The van der Waals surface area contributed by atoms with Crippen molar-refractivity contribution in [1.82, 2.24) is 4.31 Å². The van der Waals surface area contributed by atoms with Crippen molar-refractivity contribution < 1.29 is 31.9 Å². The summed E-state index contributed by atoms with van der Waals surface area (Å²) in [6.45, 7) is 4.85. The number of rotatable bonds is 10. The molecule has 2 N–H and O–H groups in total. The molecule has 40 heavy (non-hydrogen) atoms. The molecule has 1 saturated heterocycles. The number of carbonyl (C=O) groups excluding carboxylic acids is 2. The summed E-state index contributed by atoms with van der Waals surface area (Å²) in [5.74, 6) is -1.13. The molecule has 0 saturated carbocycles. The van der Waals surface area contributed by atoms with Crippen LogP contribution in [0, 0.1) is 11.2 Å². The van der Waals surface area contributed by atoms with E-state index in [-0.39, 0.29) is 36.8 Å². The average Bonchev–Trinajstić information content (AvgIpc) is 2.89. The fraction of sp³-hybridized carbons (Fsp3) is 0.333. The largest absolute Gasteiger partial charge is 0.480 e. The van der Waals surface area contributed by atoms with Gasteiger partial charge in [-0.3, -0.25) is 9.59 Å². The lowest BCUT2D eigenvalue weighted by Gasteiger charge is -2.48. The number of nitrogens with zero attached hydrogens (tertiary/aromatic N) is 1. The van der Waals surface area contributed by atoms with Crippen molar-refractivity contribution in [3.8, 4) is 5.75 Å². The van der Waals surface area contributed by atoms with E-state index < -0.39 is 38.9 Å². The van der Waals surface area contributed by atoms with Gasteiger partial charge in [-0.1, -0.05) is 69.3 Å². The molecule has 0 unspecified atom stereocenters. The SMILES string of the molecule is CC(C)(C)C(=O)COC(=O)[C@@H](N)Cc1cccc(S(=O)(=O)N2CC(Oc3cccc(F)c3)(c3ccccc3)C2)c1. The van der Waals surface area contributed by atoms with Crippen molar-refractivity contribution in [2.45, 2.75) is 43.7 Å². The van der Waals surface area contributed by atoms with E-state index in [1.54, 1.807) is 39.0 Å². The highest BCUT2D eigenvalue weighted by molar-refractivity contribution is 7.89. The summed E-state index contributed by atoms with van der Waals surface area (Å²) in [4.78, 5) is 24.4. The first-order chi connectivity index (χ1) is 18.8. The van der Waals surface area contributed by atoms with Gasteiger partial charge in [-0.05, 0) is 41.8 Å². The zero-order valence-electron chi connectivity index (χ0n) is 22.7. The Hall–Kier alpha value is -3.60. The molecule has 1 fully saturated rings. The second kappa shape index (κ2) is 11.5. The van der Waals surface area contributed by atoms with Gasteiger partial charge in [-0.15, -0.1) is 0 Å². The van der Waals surface area contributed by atoms with Crippen molar-refractivity contribution in [2.75, 3.05) is 19.7 Å². The highest BCUT2D eigenvalue weighted by atomic mass is 32.2. The van der Waals surface area contributed by atoms with Crippen LogP contribution in [0.15, 0.2) is 83.8 Å². The number of ether oxygens (including phenoxy) is 2.